The van der Waals surface area contributed by atoms with Gasteiger partial charge in [0.05, 0.1) is 11.3 Å². The molecule has 0 aromatic heterocycles. The van der Waals surface area contributed by atoms with Crippen molar-refractivity contribution in [3.8, 4) is 0 Å². The van der Waals surface area contributed by atoms with Gasteiger partial charge in [0.1, 0.15) is 5.69 Å². The van der Waals surface area contributed by atoms with Crippen molar-refractivity contribution in [3.05, 3.63) is 34.4 Å². The van der Waals surface area contributed by atoms with Crippen LogP contribution in [0.4, 0.5) is 11.4 Å². The largest absolute Gasteiger partial charge is 0.481 e. The summed E-state index contributed by atoms with van der Waals surface area (Å²) >= 11 is 0. The molecule has 0 aliphatic heterocycles. The van der Waals surface area contributed by atoms with Crippen molar-refractivity contribution in [1.82, 2.24) is 0 Å². The predicted molar refractivity (Wildman–Crippen MR) is 63.1 cm³/mol. The highest BCUT2D eigenvalue weighted by molar-refractivity contribution is 5.69. The summed E-state index contributed by atoms with van der Waals surface area (Å²) in [6.45, 7) is 1.83. The molecule has 2 N–H and O–H groups in total. The van der Waals surface area contributed by atoms with Gasteiger partial charge < -0.3 is 10.4 Å². The molecule has 1 aromatic rings. The molecule has 0 spiro atoms. The smallest absolute Gasteiger partial charge is 0.305 e. The third-order valence-electron chi connectivity index (χ3n) is 2.37. The van der Waals surface area contributed by atoms with E-state index in [1.165, 1.54) is 6.07 Å². The van der Waals surface area contributed by atoms with E-state index < -0.39 is 10.9 Å². The molecule has 0 saturated heterocycles. The van der Waals surface area contributed by atoms with Gasteiger partial charge in [-0.1, -0.05) is 19.1 Å². The maximum atomic E-state index is 10.8. The number of anilines is 1. The first-order valence-corrected chi connectivity index (χ1v) is 5.26. The van der Waals surface area contributed by atoms with E-state index in [-0.39, 0.29) is 18.2 Å². The lowest BCUT2D eigenvalue weighted by Crippen LogP contribution is -2.22. The summed E-state index contributed by atoms with van der Waals surface area (Å²) in [7, 11) is 0. The van der Waals surface area contributed by atoms with Crippen LogP contribution in [0.2, 0.25) is 0 Å². The van der Waals surface area contributed by atoms with Crippen LogP contribution in [0.25, 0.3) is 0 Å². The monoisotopic (exact) mass is 238 g/mol. The van der Waals surface area contributed by atoms with Crippen LogP contribution < -0.4 is 5.32 Å². The highest BCUT2D eigenvalue weighted by Crippen LogP contribution is 2.24. The van der Waals surface area contributed by atoms with Gasteiger partial charge in [0.25, 0.3) is 5.69 Å². The fourth-order valence-electron chi connectivity index (χ4n) is 1.48. The Balaban J connectivity index is 2.85. The maximum Gasteiger partial charge on any atom is 0.305 e. The number of carboxylic acid groups (broad SMARTS) is 1. The molecule has 0 heterocycles. The first-order chi connectivity index (χ1) is 8.04. The van der Waals surface area contributed by atoms with Gasteiger partial charge in [-0.15, -0.1) is 0 Å². The lowest BCUT2D eigenvalue weighted by molar-refractivity contribution is -0.384. The second kappa shape index (κ2) is 5.83. The minimum absolute atomic E-state index is 0.0451. The molecular formula is C11H14N2O4. The Morgan fingerprint density at radius 2 is 2.18 bits per heavy atom. The van der Waals surface area contributed by atoms with Crippen molar-refractivity contribution in [3.63, 3.8) is 0 Å². The number of carbonyl (C=O) groups is 1. The van der Waals surface area contributed by atoms with E-state index in [4.69, 9.17) is 5.11 Å². The fraction of sp³-hybridized carbons (Fsp3) is 0.364. The second-order valence-electron chi connectivity index (χ2n) is 3.62. The zero-order valence-corrected chi connectivity index (χ0v) is 9.42. The summed E-state index contributed by atoms with van der Waals surface area (Å²) in [5.41, 5.74) is 0.307. The van der Waals surface area contributed by atoms with Gasteiger partial charge in [0.2, 0.25) is 0 Å². The molecular weight excluding hydrogens is 224 g/mol. The lowest BCUT2D eigenvalue weighted by Gasteiger charge is -2.15. The molecule has 1 aromatic carbocycles. The zero-order valence-electron chi connectivity index (χ0n) is 9.42. The lowest BCUT2D eigenvalue weighted by atomic mass is 10.1. The Kier molecular flexibility index (Phi) is 4.45. The number of nitrogens with one attached hydrogen (secondary N) is 1. The summed E-state index contributed by atoms with van der Waals surface area (Å²) < 4.78 is 0. The number of carboxylic acids is 1. The Bertz CT molecular complexity index is 420. The Labute approximate surface area is 98.4 Å². The van der Waals surface area contributed by atoms with E-state index in [1.54, 1.807) is 18.2 Å². The van der Waals surface area contributed by atoms with Crippen LogP contribution in [0.1, 0.15) is 19.8 Å². The quantitative estimate of drug-likeness (QED) is 0.585. The number of rotatable bonds is 6. The highest BCUT2D eigenvalue weighted by Gasteiger charge is 2.17. The first-order valence-electron chi connectivity index (χ1n) is 5.26. The van der Waals surface area contributed by atoms with Crippen molar-refractivity contribution in [2.24, 2.45) is 0 Å². The average molecular weight is 238 g/mol. The number of benzene rings is 1. The Morgan fingerprint density at radius 3 is 2.71 bits per heavy atom. The van der Waals surface area contributed by atoms with Crippen LogP contribution in [0.15, 0.2) is 24.3 Å². The van der Waals surface area contributed by atoms with Crippen LogP contribution in [0, 0.1) is 10.1 Å². The molecule has 6 nitrogen and oxygen atoms in total. The Hall–Kier alpha value is -2.11. The molecule has 1 atom stereocenters. The summed E-state index contributed by atoms with van der Waals surface area (Å²) in [6.07, 6.45) is 0.515. The van der Waals surface area contributed by atoms with Crippen LogP contribution >= 0.6 is 0 Å². The normalized spacial score (nSPS) is 11.8. The number of hydrogen-bond donors (Lipinski definition) is 2. The van der Waals surface area contributed by atoms with E-state index in [0.717, 1.165) is 0 Å². The fourth-order valence-corrected chi connectivity index (χ4v) is 1.48. The zero-order chi connectivity index (χ0) is 12.8. The number of aliphatic carboxylic acids is 1. The van der Waals surface area contributed by atoms with E-state index >= 15 is 0 Å². The molecule has 17 heavy (non-hydrogen) atoms. The number of nitro groups is 1. The SMILES string of the molecule is CCC(CC(=O)O)Nc1ccccc1[N+](=O)[O-]. The van der Waals surface area contributed by atoms with Crippen molar-refractivity contribution >= 4 is 17.3 Å². The standard InChI is InChI=1S/C11H14N2O4/c1-2-8(7-11(14)15)12-9-5-3-4-6-10(9)13(16)17/h3-6,8,12H,2,7H2,1H3,(H,14,15). The summed E-state index contributed by atoms with van der Waals surface area (Å²) in [5, 5.41) is 22.3. The van der Waals surface area contributed by atoms with Gasteiger partial charge in [-0.3, -0.25) is 14.9 Å². The van der Waals surface area contributed by atoms with E-state index in [2.05, 4.69) is 5.32 Å². The van der Waals surface area contributed by atoms with Crippen molar-refractivity contribution in [1.29, 1.82) is 0 Å². The predicted octanol–water partition coefficient (Wildman–Crippen LogP) is 2.26. The molecule has 92 valence electrons. The molecule has 1 unspecified atom stereocenters. The van der Waals surface area contributed by atoms with Gasteiger partial charge in [0.15, 0.2) is 0 Å². The number of nitrogens with zero attached hydrogens (tertiary/aromatic N) is 1. The van der Waals surface area contributed by atoms with Crippen LogP contribution in [0.3, 0.4) is 0 Å². The molecule has 0 bridgehead atoms. The van der Waals surface area contributed by atoms with Crippen molar-refractivity contribution < 1.29 is 14.8 Å². The van der Waals surface area contributed by atoms with Gasteiger partial charge in [-0.05, 0) is 12.5 Å². The molecule has 0 fully saturated rings. The summed E-state index contributed by atoms with van der Waals surface area (Å²) in [6, 6.07) is 5.89. The third-order valence-corrected chi connectivity index (χ3v) is 2.37. The van der Waals surface area contributed by atoms with Gasteiger partial charge in [0, 0.05) is 12.1 Å². The molecule has 0 aliphatic rings. The van der Waals surface area contributed by atoms with Crippen LogP contribution in [-0.4, -0.2) is 22.0 Å². The van der Waals surface area contributed by atoms with E-state index in [0.29, 0.717) is 12.1 Å². The highest BCUT2D eigenvalue weighted by atomic mass is 16.6. The maximum absolute atomic E-state index is 10.8. The number of hydrogen-bond acceptors (Lipinski definition) is 4. The molecule has 0 radical (unpaired) electrons. The van der Waals surface area contributed by atoms with Gasteiger partial charge in [-0.25, -0.2) is 0 Å². The second-order valence-corrected chi connectivity index (χ2v) is 3.62. The average Bonchev–Trinajstić information content (AvgIpc) is 2.28. The molecule has 6 heteroatoms. The minimum atomic E-state index is -0.928. The topological polar surface area (TPSA) is 92.5 Å². The van der Waals surface area contributed by atoms with Crippen molar-refractivity contribution in [2.45, 2.75) is 25.8 Å². The third kappa shape index (κ3) is 3.75. The Morgan fingerprint density at radius 1 is 1.53 bits per heavy atom. The molecule has 0 amide bonds. The van der Waals surface area contributed by atoms with Crippen molar-refractivity contribution in [2.75, 3.05) is 5.32 Å². The van der Waals surface area contributed by atoms with Crippen LogP contribution in [-0.2, 0) is 4.79 Å². The summed E-state index contributed by atoms with van der Waals surface area (Å²) in [4.78, 5) is 20.9. The number of nitro benzene ring substituents is 1. The molecule has 1 rings (SSSR count). The van der Waals surface area contributed by atoms with Crippen LogP contribution in [0.5, 0.6) is 0 Å². The van der Waals surface area contributed by atoms with Gasteiger partial charge in [-0.2, -0.15) is 0 Å². The van der Waals surface area contributed by atoms with Gasteiger partial charge >= 0.3 is 5.97 Å². The first kappa shape index (κ1) is 13.0. The minimum Gasteiger partial charge on any atom is -0.481 e. The summed E-state index contributed by atoms with van der Waals surface area (Å²) in [5.74, 6) is -0.928. The van der Waals surface area contributed by atoms with E-state index in [9.17, 15) is 14.9 Å². The van der Waals surface area contributed by atoms with E-state index in [1.807, 2.05) is 6.92 Å². The number of para-hydroxylation sites is 2. The molecule has 0 saturated carbocycles. The molecule has 0 aliphatic carbocycles.